The van der Waals surface area contributed by atoms with Crippen LogP contribution in [-0.4, -0.2) is 18.9 Å². The van der Waals surface area contributed by atoms with Gasteiger partial charge in [0.15, 0.2) is 0 Å². The molecule has 0 atom stereocenters. The summed E-state index contributed by atoms with van der Waals surface area (Å²) in [5.41, 5.74) is 14.5. The smallest absolute Gasteiger partial charge is 0.256 e. The minimum atomic E-state index is -0.207. The highest BCUT2D eigenvalue weighted by Crippen LogP contribution is 2.45. The molecule has 4 nitrogen and oxygen atoms in total. The number of hydrogen-bond acceptors (Lipinski definition) is 2. The topological polar surface area (TPSA) is 58.2 Å². The predicted octanol–water partition coefficient (Wildman–Crippen LogP) is 13.6. The lowest BCUT2D eigenvalue weighted by Gasteiger charge is -2.20. The summed E-state index contributed by atoms with van der Waals surface area (Å²) in [6, 6.07) is 43.9. The van der Waals surface area contributed by atoms with E-state index in [1.165, 1.54) is 71.3 Å². The summed E-state index contributed by atoms with van der Waals surface area (Å²) in [5, 5.41) is 17.1. The minimum Gasteiger partial charge on any atom is -0.355 e. The molecule has 0 bridgehead atoms. The van der Waals surface area contributed by atoms with Crippen molar-refractivity contribution in [2.24, 2.45) is 0 Å². The van der Waals surface area contributed by atoms with E-state index < -0.39 is 0 Å². The van der Waals surface area contributed by atoms with Crippen molar-refractivity contribution in [2.45, 2.75) is 48.5 Å². The summed E-state index contributed by atoms with van der Waals surface area (Å²) in [6.45, 7) is 14.7. The molecule has 9 aromatic rings. The number of nitrogens with one attached hydrogen (secondary N) is 2. The Bertz CT molecular complexity index is 3240. The van der Waals surface area contributed by atoms with Crippen LogP contribution in [0.2, 0.25) is 0 Å². The molecule has 0 saturated heterocycles. The van der Waals surface area contributed by atoms with Crippen molar-refractivity contribution in [2.75, 3.05) is 12.4 Å². The number of hydrogen-bond donors (Lipinski definition) is 2. The Kier molecular flexibility index (Phi) is 8.89. The van der Waals surface area contributed by atoms with Gasteiger partial charge < -0.3 is 10.6 Å². The standard InChI is InChI=1S/C54H46N2O2/c1-29-10-16-42-46(19-29)51(41-15-9-30(2)20-47(41)52(42)39-14-12-37-18-31(3)17-34(6)43(37)27-39)38-13-11-36-28-50(35(7)25-40(36)26-38)56-54(58)49-24-33(5)21-44-45(49)22-32(4)23-48(44)53(57)55-8/h9-28H,1-8H3,(H,55,57)(H,56,58). The van der Waals surface area contributed by atoms with Crippen LogP contribution in [-0.2, 0) is 0 Å². The number of carbonyl (C=O) groups excluding carboxylic acids is 2. The van der Waals surface area contributed by atoms with Crippen LogP contribution in [0.15, 0.2) is 121 Å². The van der Waals surface area contributed by atoms with E-state index in [1.807, 2.05) is 45.0 Å². The second-order valence-electron chi connectivity index (χ2n) is 16.3. The highest BCUT2D eigenvalue weighted by atomic mass is 16.2. The molecule has 0 fully saturated rings. The summed E-state index contributed by atoms with van der Waals surface area (Å²) >= 11 is 0. The summed E-state index contributed by atoms with van der Waals surface area (Å²) in [4.78, 5) is 26.9. The second kappa shape index (κ2) is 14.0. The number of aryl methyl sites for hydroxylation is 7. The van der Waals surface area contributed by atoms with Crippen molar-refractivity contribution in [3.8, 4) is 22.3 Å². The summed E-state index contributed by atoms with van der Waals surface area (Å²) in [5.74, 6) is -0.380. The molecule has 0 aliphatic carbocycles. The zero-order chi connectivity index (χ0) is 40.6. The molecule has 9 aromatic carbocycles. The molecule has 9 rings (SSSR count). The summed E-state index contributed by atoms with van der Waals surface area (Å²) in [6.07, 6.45) is 0. The van der Waals surface area contributed by atoms with E-state index in [2.05, 4.69) is 135 Å². The fourth-order valence-electron chi connectivity index (χ4n) is 9.12. The third-order valence-electron chi connectivity index (χ3n) is 11.8. The molecule has 2 N–H and O–H groups in total. The molecule has 0 aromatic heterocycles. The quantitative estimate of drug-likeness (QED) is 0.172. The van der Waals surface area contributed by atoms with Gasteiger partial charge in [0.2, 0.25) is 0 Å². The number of fused-ring (bicyclic) bond motifs is 5. The van der Waals surface area contributed by atoms with E-state index in [0.717, 1.165) is 49.5 Å². The normalized spacial score (nSPS) is 11.6. The first-order valence-corrected chi connectivity index (χ1v) is 20.0. The van der Waals surface area contributed by atoms with Crippen LogP contribution >= 0.6 is 0 Å². The zero-order valence-corrected chi connectivity index (χ0v) is 34.4. The van der Waals surface area contributed by atoms with Crippen LogP contribution in [0.25, 0.3) is 76.1 Å². The summed E-state index contributed by atoms with van der Waals surface area (Å²) < 4.78 is 0. The lowest BCUT2D eigenvalue weighted by molar-refractivity contribution is 0.0963. The van der Waals surface area contributed by atoms with Gasteiger partial charge in [0, 0.05) is 23.9 Å². The third-order valence-corrected chi connectivity index (χ3v) is 11.8. The molecule has 0 heterocycles. The van der Waals surface area contributed by atoms with Crippen LogP contribution in [0.4, 0.5) is 5.69 Å². The molecule has 0 spiro atoms. The zero-order valence-electron chi connectivity index (χ0n) is 34.4. The highest BCUT2D eigenvalue weighted by molar-refractivity contribution is 6.23. The van der Waals surface area contributed by atoms with Crippen LogP contribution in [0.3, 0.4) is 0 Å². The van der Waals surface area contributed by atoms with Crippen molar-refractivity contribution < 1.29 is 9.59 Å². The molecule has 0 saturated carbocycles. The number of amides is 2. The largest absolute Gasteiger partial charge is 0.355 e. The van der Waals surface area contributed by atoms with Gasteiger partial charge in [0.25, 0.3) is 11.8 Å². The van der Waals surface area contributed by atoms with Gasteiger partial charge in [-0.25, -0.2) is 0 Å². The van der Waals surface area contributed by atoms with Gasteiger partial charge in [-0.05, 0) is 183 Å². The fourth-order valence-corrected chi connectivity index (χ4v) is 9.12. The van der Waals surface area contributed by atoms with Crippen LogP contribution in [0.5, 0.6) is 0 Å². The first-order valence-electron chi connectivity index (χ1n) is 20.0. The van der Waals surface area contributed by atoms with Crippen LogP contribution in [0.1, 0.15) is 59.7 Å². The van der Waals surface area contributed by atoms with Crippen LogP contribution < -0.4 is 10.6 Å². The highest BCUT2D eigenvalue weighted by Gasteiger charge is 2.20. The Balaban J connectivity index is 1.17. The molecule has 0 aliphatic heterocycles. The van der Waals surface area contributed by atoms with Gasteiger partial charge in [-0.2, -0.15) is 0 Å². The molecule has 58 heavy (non-hydrogen) atoms. The molecule has 284 valence electrons. The number of anilines is 1. The maximum Gasteiger partial charge on any atom is 0.256 e. The van der Waals surface area contributed by atoms with Gasteiger partial charge in [-0.15, -0.1) is 0 Å². The molecule has 4 heteroatoms. The maximum absolute atomic E-state index is 14.1. The Morgan fingerprint density at radius 3 is 1.52 bits per heavy atom. The number of carbonyl (C=O) groups is 2. The average Bonchev–Trinajstić information content (AvgIpc) is 3.19. The predicted molar refractivity (Wildman–Crippen MR) is 246 cm³/mol. The molecule has 0 aliphatic rings. The fraction of sp³-hybridized carbons (Fsp3) is 0.148. The van der Waals surface area contributed by atoms with E-state index in [-0.39, 0.29) is 11.8 Å². The number of benzene rings is 9. The van der Waals surface area contributed by atoms with E-state index in [1.54, 1.807) is 7.05 Å². The Morgan fingerprint density at radius 1 is 0.379 bits per heavy atom. The van der Waals surface area contributed by atoms with E-state index in [0.29, 0.717) is 11.1 Å². The van der Waals surface area contributed by atoms with Gasteiger partial charge >= 0.3 is 0 Å². The monoisotopic (exact) mass is 754 g/mol. The van der Waals surface area contributed by atoms with Gasteiger partial charge in [-0.3, -0.25) is 9.59 Å². The third kappa shape index (κ3) is 6.26. The second-order valence-corrected chi connectivity index (χ2v) is 16.3. The van der Waals surface area contributed by atoms with Gasteiger partial charge in [-0.1, -0.05) is 102 Å². The van der Waals surface area contributed by atoms with Crippen molar-refractivity contribution in [1.29, 1.82) is 0 Å². The Labute approximate surface area is 339 Å². The maximum atomic E-state index is 14.1. The number of rotatable bonds is 5. The first kappa shape index (κ1) is 36.8. The Hall–Kier alpha value is -6.78. The van der Waals surface area contributed by atoms with Gasteiger partial charge in [0.05, 0.1) is 0 Å². The van der Waals surface area contributed by atoms with Crippen LogP contribution in [0, 0.1) is 48.5 Å². The Morgan fingerprint density at radius 2 is 0.914 bits per heavy atom. The van der Waals surface area contributed by atoms with Crippen molar-refractivity contribution in [3.63, 3.8) is 0 Å². The van der Waals surface area contributed by atoms with Crippen molar-refractivity contribution in [3.05, 3.63) is 171 Å². The lowest BCUT2D eigenvalue weighted by atomic mass is 9.84. The summed E-state index contributed by atoms with van der Waals surface area (Å²) in [7, 11) is 1.63. The minimum absolute atomic E-state index is 0.173. The molecule has 2 amide bonds. The van der Waals surface area contributed by atoms with Gasteiger partial charge in [0.1, 0.15) is 0 Å². The van der Waals surface area contributed by atoms with E-state index in [4.69, 9.17) is 0 Å². The molecule has 0 unspecified atom stereocenters. The van der Waals surface area contributed by atoms with Crippen molar-refractivity contribution >= 4 is 71.4 Å². The van der Waals surface area contributed by atoms with E-state index >= 15 is 0 Å². The first-order chi connectivity index (χ1) is 27.9. The lowest BCUT2D eigenvalue weighted by Crippen LogP contribution is -2.19. The van der Waals surface area contributed by atoms with Crippen molar-refractivity contribution in [1.82, 2.24) is 5.32 Å². The molecule has 0 radical (unpaired) electrons. The average molecular weight is 755 g/mol. The molecular weight excluding hydrogens is 709 g/mol. The van der Waals surface area contributed by atoms with E-state index in [9.17, 15) is 9.59 Å². The SMILES string of the molecule is CNC(=O)c1cc(C)cc2c(C(=O)Nc3cc4ccc(-c5c6ccc(C)cc6c(-c6ccc7cc(C)cc(C)c7c6)c6ccc(C)cc56)cc4cc3C)cc(C)cc12. The molecular formula is C54H46N2O2.